The van der Waals surface area contributed by atoms with Crippen molar-refractivity contribution in [3.63, 3.8) is 0 Å². The normalized spacial score (nSPS) is 10.6. The van der Waals surface area contributed by atoms with Crippen LogP contribution >= 0.6 is 23.2 Å². The largest absolute Gasteiger partial charge is 0.378 e. The van der Waals surface area contributed by atoms with E-state index in [4.69, 9.17) is 23.2 Å². The summed E-state index contributed by atoms with van der Waals surface area (Å²) >= 11 is 11.9. The minimum Gasteiger partial charge on any atom is -0.378 e. The summed E-state index contributed by atoms with van der Waals surface area (Å²) in [6, 6.07) is 6.89. The molecule has 0 heterocycles. The molecule has 2 rings (SSSR count). The second kappa shape index (κ2) is 5.72. The highest BCUT2D eigenvalue weighted by Crippen LogP contribution is 2.26. The van der Waals surface area contributed by atoms with Crippen LogP contribution < -0.4 is 5.32 Å². The highest BCUT2D eigenvalue weighted by Gasteiger charge is 2.13. The lowest BCUT2D eigenvalue weighted by Gasteiger charge is -2.11. The molecule has 1 nitrogen and oxygen atoms in total. The monoisotopic (exact) mass is 305 g/mol. The summed E-state index contributed by atoms with van der Waals surface area (Å²) in [5.41, 5.74) is 0.393. The van der Waals surface area contributed by atoms with Crippen molar-refractivity contribution in [2.45, 2.75) is 6.54 Å². The number of halogens is 5. The van der Waals surface area contributed by atoms with Crippen LogP contribution in [-0.4, -0.2) is 0 Å². The Morgan fingerprint density at radius 1 is 0.895 bits per heavy atom. The van der Waals surface area contributed by atoms with E-state index < -0.39 is 17.5 Å². The minimum atomic E-state index is -1.52. The second-order valence-electron chi connectivity index (χ2n) is 3.78. The van der Waals surface area contributed by atoms with Crippen molar-refractivity contribution in [2.75, 3.05) is 5.32 Å². The Labute approximate surface area is 118 Å². The van der Waals surface area contributed by atoms with Crippen LogP contribution in [0, 0.1) is 17.5 Å². The van der Waals surface area contributed by atoms with Crippen molar-refractivity contribution in [1.82, 2.24) is 0 Å². The molecule has 1 N–H and O–H groups in total. The van der Waals surface area contributed by atoms with Crippen LogP contribution in [0.5, 0.6) is 0 Å². The van der Waals surface area contributed by atoms with Crippen LogP contribution in [0.1, 0.15) is 5.56 Å². The number of hydrogen-bond donors (Lipinski definition) is 1. The van der Waals surface area contributed by atoms with E-state index in [1.165, 1.54) is 0 Å². The minimum absolute atomic E-state index is 0.0977. The van der Waals surface area contributed by atoms with Crippen molar-refractivity contribution in [2.24, 2.45) is 0 Å². The van der Waals surface area contributed by atoms with Gasteiger partial charge in [0.1, 0.15) is 0 Å². The molecule has 0 aliphatic rings. The Balaban J connectivity index is 2.22. The molecule has 0 saturated carbocycles. The Hall–Kier alpha value is -1.39. The standard InChI is InChI=1S/C13H8Cl2F3N/c14-8-2-1-3-9(15)7(8)6-19-11-5-4-10(16)12(17)13(11)18/h1-5,19H,6H2. The van der Waals surface area contributed by atoms with Crippen molar-refractivity contribution in [3.05, 3.63) is 63.4 Å². The van der Waals surface area contributed by atoms with Crippen LogP contribution in [0.4, 0.5) is 18.9 Å². The summed E-state index contributed by atoms with van der Waals surface area (Å²) in [5.74, 6) is -4.03. The molecule has 0 aromatic heterocycles. The third kappa shape index (κ3) is 2.96. The van der Waals surface area contributed by atoms with E-state index in [2.05, 4.69) is 5.32 Å². The molecule has 0 radical (unpaired) electrons. The van der Waals surface area contributed by atoms with Crippen LogP contribution in [-0.2, 0) is 6.54 Å². The number of benzene rings is 2. The molecule has 0 unspecified atom stereocenters. The summed E-state index contributed by atoms with van der Waals surface area (Å²) in [5, 5.41) is 3.44. The topological polar surface area (TPSA) is 12.0 Å². The summed E-state index contributed by atoms with van der Waals surface area (Å²) in [6.07, 6.45) is 0. The van der Waals surface area contributed by atoms with Gasteiger partial charge in [-0.3, -0.25) is 0 Å². The SMILES string of the molecule is Fc1ccc(NCc2c(Cl)cccc2Cl)c(F)c1F. The van der Waals surface area contributed by atoms with Gasteiger partial charge in [-0.2, -0.15) is 0 Å². The van der Waals surface area contributed by atoms with Crippen LogP contribution in [0.2, 0.25) is 10.0 Å². The molecular formula is C13H8Cl2F3N. The van der Waals surface area contributed by atoms with Gasteiger partial charge in [-0.25, -0.2) is 13.2 Å². The van der Waals surface area contributed by atoms with Crippen molar-refractivity contribution < 1.29 is 13.2 Å². The van der Waals surface area contributed by atoms with E-state index in [9.17, 15) is 13.2 Å². The molecule has 0 amide bonds. The van der Waals surface area contributed by atoms with Gasteiger partial charge in [0.15, 0.2) is 17.5 Å². The smallest absolute Gasteiger partial charge is 0.196 e. The summed E-state index contributed by atoms with van der Waals surface area (Å²) in [7, 11) is 0. The summed E-state index contributed by atoms with van der Waals surface area (Å²) < 4.78 is 39.2. The van der Waals surface area contributed by atoms with Crippen molar-refractivity contribution >= 4 is 28.9 Å². The molecule has 2 aromatic carbocycles. The molecule has 0 aliphatic heterocycles. The molecule has 2 aromatic rings. The van der Waals surface area contributed by atoms with Gasteiger partial charge in [0.05, 0.1) is 5.69 Å². The average molecular weight is 306 g/mol. The van der Waals surface area contributed by atoms with Gasteiger partial charge in [0, 0.05) is 22.2 Å². The van der Waals surface area contributed by atoms with E-state index in [0.717, 1.165) is 12.1 Å². The van der Waals surface area contributed by atoms with Gasteiger partial charge in [-0.15, -0.1) is 0 Å². The fourth-order valence-corrected chi connectivity index (χ4v) is 2.08. The molecule has 6 heteroatoms. The quantitative estimate of drug-likeness (QED) is 0.785. The highest BCUT2D eigenvalue weighted by atomic mass is 35.5. The van der Waals surface area contributed by atoms with Gasteiger partial charge in [0.2, 0.25) is 0 Å². The first kappa shape index (κ1) is 14.0. The predicted molar refractivity (Wildman–Crippen MR) is 70.1 cm³/mol. The lowest BCUT2D eigenvalue weighted by atomic mass is 10.2. The molecule has 0 saturated heterocycles. The number of rotatable bonds is 3. The number of nitrogens with one attached hydrogen (secondary N) is 1. The van der Waals surface area contributed by atoms with E-state index in [-0.39, 0.29) is 12.2 Å². The lowest BCUT2D eigenvalue weighted by Crippen LogP contribution is -2.05. The summed E-state index contributed by atoms with van der Waals surface area (Å²) in [4.78, 5) is 0. The zero-order chi connectivity index (χ0) is 14.0. The molecular weight excluding hydrogens is 298 g/mol. The summed E-state index contributed by atoms with van der Waals surface area (Å²) in [6.45, 7) is 0.0977. The van der Waals surface area contributed by atoms with Gasteiger partial charge in [0.25, 0.3) is 0 Å². The number of anilines is 1. The average Bonchev–Trinajstić information content (AvgIpc) is 2.38. The first-order valence-electron chi connectivity index (χ1n) is 5.31. The Kier molecular flexibility index (Phi) is 4.22. The third-order valence-corrected chi connectivity index (χ3v) is 3.26. The van der Waals surface area contributed by atoms with Crippen molar-refractivity contribution in [1.29, 1.82) is 0 Å². The van der Waals surface area contributed by atoms with Gasteiger partial charge < -0.3 is 5.32 Å². The highest BCUT2D eigenvalue weighted by molar-refractivity contribution is 6.36. The van der Waals surface area contributed by atoms with E-state index in [1.54, 1.807) is 18.2 Å². The Morgan fingerprint density at radius 2 is 1.53 bits per heavy atom. The zero-order valence-corrected chi connectivity index (χ0v) is 11.0. The molecule has 19 heavy (non-hydrogen) atoms. The zero-order valence-electron chi connectivity index (χ0n) is 9.48. The maximum absolute atomic E-state index is 13.4. The maximum Gasteiger partial charge on any atom is 0.196 e. The predicted octanol–water partition coefficient (Wildman–Crippen LogP) is 5.02. The number of hydrogen-bond acceptors (Lipinski definition) is 1. The molecule has 0 bridgehead atoms. The Morgan fingerprint density at radius 3 is 2.16 bits per heavy atom. The molecule has 0 aliphatic carbocycles. The first-order chi connectivity index (χ1) is 9.00. The van der Waals surface area contributed by atoms with E-state index >= 15 is 0 Å². The molecule has 0 fully saturated rings. The second-order valence-corrected chi connectivity index (χ2v) is 4.59. The Bertz CT molecular complexity index is 597. The van der Waals surface area contributed by atoms with Crippen LogP contribution in [0.15, 0.2) is 30.3 Å². The molecule has 0 atom stereocenters. The van der Waals surface area contributed by atoms with Gasteiger partial charge >= 0.3 is 0 Å². The third-order valence-electron chi connectivity index (χ3n) is 2.55. The van der Waals surface area contributed by atoms with E-state index in [0.29, 0.717) is 15.6 Å². The fourth-order valence-electron chi connectivity index (χ4n) is 1.55. The van der Waals surface area contributed by atoms with Crippen molar-refractivity contribution in [3.8, 4) is 0 Å². The molecule has 100 valence electrons. The molecule has 0 spiro atoms. The van der Waals surface area contributed by atoms with Gasteiger partial charge in [-0.05, 0) is 24.3 Å². The fraction of sp³-hybridized carbons (Fsp3) is 0.0769. The van der Waals surface area contributed by atoms with Crippen LogP contribution in [0.25, 0.3) is 0 Å². The van der Waals surface area contributed by atoms with Crippen LogP contribution in [0.3, 0.4) is 0 Å². The van der Waals surface area contributed by atoms with E-state index in [1.807, 2.05) is 0 Å². The lowest BCUT2D eigenvalue weighted by molar-refractivity contribution is 0.449. The maximum atomic E-state index is 13.4. The van der Waals surface area contributed by atoms with Gasteiger partial charge in [-0.1, -0.05) is 29.3 Å². The first-order valence-corrected chi connectivity index (χ1v) is 6.06.